The largest absolute Gasteiger partial charge is 0.393 e. The van der Waals surface area contributed by atoms with Gasteiger partial charge in [0.05, 0.1) is 12.1 Å². The van der Waals surface area contributed by atoms with E-state index in [0.29, 0.717) is 36.8 Å². The normalized spacial score (nSPS) is 35.3. The summed E-state index contributed by atoms with van der Waals surface area (Å²) < 4.78 is 16.1. The Labute approximate surface area is 230 Å². The highest BCUT2D eigenvalue weighted by atomic mass is 19.1. The van der Waals surface area contributed by atoms with Gasteiger partial charge < -0.3 is 15.7 Å². The summed E-state index contributed by atoms with van der Waals surface area (Å²) in [5.74, 6) is -1.35. The molecule has 3 fully saturated rings. The van der Waals surface area contributed by atoms with Crippen LogP contribution in [0.4, 0.5) is 10.1 Å². The fourth-order valence-electron chi connectivity index (χ4n) is 8.16. The molecule has 0 bridgehead atoms. The maximum Gasteiger partial charge on any atom is 0.238 e. The molecule has 208 valence electrons. The van der Waals surface area contributed by atoms with Crippen LogP contribution < -0.4 is 16.0 Å². The van der Waals surface area contributed by atoms with E-state index in [1.54, 1.807) is 19.1 Å². The van der Waals surface area contributed by atoms with Gasteiger partial charge in [-0.2, -0.15) is 0 Å². The summed E-state index contributed by atoms with van der Waals surface area (Å²) in [6.07, 6.45) is 3.09. The van der Waals surface area contributed by atoms with Gasteiger partial charge in [0.25, 0.3) is 0 Å². The lowest BCUT2D eigenvalue weighted by atomic mass is 9.61. The third-order valence-electron chi connectivity index (χ3n) is 10.0. The van der Waals surface area contributed by atoms with Gasteiger partial charge in [0.2, 0.25) is 11.8 Å². The lowest BCUT2D eigenvalue weighted by Crippen LogP contribution is -2.52. The first kappa shape index (κ1) is 26.5. The SMILES string of the molecule is Cc1ccc2c(c1)NC(=O)[C@]21[C@@H](c2cccc(C)c2F)[C@H](C(=O)NC2CCC(O)CC2)NC12CC2C(C)(C)C. The van der Waals surface area contributed by atoms with Crippen molar-refractivity contribution in [1.82, 2.24) is 10.6 Å². The van der Waals surface area contributed by atoms with Gasteiger partial charge in [0, 0.05) is 23.2 Å². The monoisotopic (exact) mass is 533 g/mol. The van der Waals surface area contributed by atoms with Crippen molar-refractivity contribution < 1.29 is 19.1 Å². The maximum absolute atomic E-state index is 16.1. The summed E-state index contributed by atoms with van der Waals surface area (Å²) in [4.78, 5) is 28.6. The predicted molar refractivity (Wildman–Crippen MR) is 149 cm³/mol. The molecule has 2 aliphatic carbocycles. The standard InChI is InChI=1S/C32H40FN3O3/c1-17-9-14-22-23(15-17)35-29(39)32(22)25(21-8-6-7-18(2)26(21)33)27(36-31(32)16-24(31)30(3,4)5)28(38)34-19-10-12-20(37)13-11-19/h6-9,14-15,19-20,24-25,27,36-37H,10-13,16H2,1-5H3,(H,34,38)(H,35,39)/t19?,20?,24?,25-,27+,31?,32+/m0/s1. The van der Waals surface area contributed by atoms with Crippen LogP contribution in [0.2, 0.25) is 0 Å². The summed E-state index contributed by atoms with van der Waals surface area (Å²) in [5.41, 5.74) is 1.56. The number of anilines is 1. The highest BCUT2D eigenvalue weighted by Gasteiger charge is 2.81. The smallest absolute Gasteiger partial charge is 0.238 e. The summed E-state index contributed by atoms with van der Waals surface area (Å²) in [7, 11) is 0. The molecule has 2 saturated carbocycles. The molecule has 2 aliphatic heterocycles. The molecule has 1 saturated heterocycles. The van der Waals surface area contributed by atoms with Crippen LogP contribution in [0.5, 0.6) is 0 Å². The predicted octanol–water partition coefficient (Wildman–Crippen LogP) is 4.61. The molecular formula is C32H40FN3O3. The second-order valence-corrected chi connectivity index (χ2v) is 13.5. The van der Waals surface area contributed by atoms with E-state index in [1.807, 2.05) is 31.2 Å². The van der Waals surface area contributed by atoms with Crippen molar-refractivity contribution >= 4 is 17.5 Å². The third-order valence-corrected chi connectivity index (χ3v) is 10.0. The average molecular weight is 534 g/mol. The number of halogens is 1. The summed E-state index contributed by atoms with van der Waals surface area (Å²) in [6, 6.07) is 10.5. The fourth-order valence-corrected chi connectivity index (χ4v) is 8.16. The lowest BCUT2D eigenvalue weighted by Gasteiger charge is -2.38. The van der Waals surface area contributed by atoms with E-state index >= 15 is 4.39 Å². The van der Waals surface area contributed by atoms with Crippen LogP contribution in [-0.4, -0.2) is 40.6 Å². The molecule has 2 spiro atoms. The van der Waals surface area contributed by atoms with E-state index in [-0.39, 0.29) is 41.1 Å². The molecule has 0 aromatic heterocycles. The van der Waals surface area contributed by atoms with Gasteiger partial charge in [-0.15, -0.1) is 0 Å². The van der Waals surface area contributed by atoms with Crippen molar-refractivity contribution in [3.05, 3.63) is 64.5 Å². The minimum absolute atomic E-state index is 0.0526. The topological polar surface area (TPSA) is 90.5 Å². The second kappa shape index (κ2) is 8.87. The number of hydrogen-bond acceptors (Lipinski definition) is 4. The van der Waals surface area contributed by atoms with Gasteiger partial charge >= 0.3 is 0 Å². The van der Waals surface area contributed by atoms with E-state index in [1.165, 1.54) is 0 Å². The minimum Gasteiger partial charge on any atom is -0.393 e. The second-order valence-electron chi connectivity index (χ2n) is 13.5. The highest BCUT2D eigenvalue weighted by molar-refractivity contribution is 6.10. The molecule has 6 rings (SSSR count). The number of rotatable bonds is 3. The third kappa shape index (κ3) is 3.80. The van der Waals surface area contributed by atoms with Crippen LogP contribution in [0.25, 0.3) is 0 Å². The molecule has 4 N–H and O–H groups in total. The number of carbonyl (C=O) groups excluding carboxylic acids is 2. The molecule has 2 aromatic carbocycles. The first-order valence-corrected chi connectivity index (χ1v) is 14.3. The van der Waals surface area contributed by atoms with E-state index in [4.69, 9.17) is 0 Å². The summed E-state index contributed by atoms with van der Waals surface area (Å²) in [5, 5.41) is 20.1. The van der Waals surface area contributed by atoms with Crippen molar-refractivity contribution in [2.75, 3.05) is 5.32 Å². The van der Waals surface area contributed by atoms with Gasteiger partial charge in [-0.25, -0.2) is 4.39 Å². The van der Waals surface area contributed by atoms with E-state index < -0.39 is 22.9 Å². The van der Waals surface area contributed by atoms with Crippen molar-refractivity contribution in [3.63, 3.8) is 0 Å². The number of carbonyl (C=O) groups is 2. The molecule has 2 heterocycles. The Hall–Kier alpha value is -2.77. The van der Waals surface area contributed by atoms with Crippen molar-refractivity contribution in [1.29, 1.82) is 0 Å². The zero-order valence-electron chi connectivity index (χ0n) is 23.5. The van der Waals surface area contributed by atoms with Gasteiger partial charge in [-0.05, 0) is 85.6 Å². The number of aliphatic hydroxyl groups is 1. The van der Waals surface area contributed by atoms with Crippen LogP contribution in [0.15, 0.2) is 36.4 Å². The minimum atomic E-state index is -1.15. The molecule has 5 atom stereocenters. The zero-order valence-corrected chi connectivity index (χ0v) is 23.5. The summed E-state index contributed by atoms with van der Waals surface area (Å²) >= 11 is 0. The Morgan fingerprint density at radius 1 is 1.10 bits per heavy atom. The number of hydrogen-bond donors (Lipinski definition) is 4. The Balaban J connectivity index is 1.54. The average Bonchev–Trinajstić information content (AvgIpc) is 3.44. The van der Waals surface area contributed by atoms with Crippen LogP contribution in [-0.2, 0) is 15.0 Å². The molecule has 0 radical (unpaired) electrons. The molecule has 2 aromatic rings. The van der Waals surface area contributed by atoms with Gasteiger partial charge in [-0.1, -0.05) is 51.1 Å². The van der Waals surface area contributed by atoms with Crippen molar-refractivity contribution in [3.8, 4) is 0 Å². The molecule has 2 unspecified atom stereocenters. The highest BCUT2D eigenvalue weighted by Crippen LogP contribution is 2.72. The van der Waals surface area contributed by atoms with E-state index in [0.717, 1.165) is 23.2 Å². The van der Waals surface area contributed by atoms with Crippen LogP contribution in [0.3, 0.4) is 0 Å². The zero-order chi connectivity index (χ0) is 27.9. The Morgan fingerprint density at radius 3 is 2.49 bits per heavy atom. The molecule has 2 amide bonds. The number of aryl methyl sites for hydroxylation is 2. The van der Waals surface area contributed by atoms with Gasteiger partial charge in [0.15, 0.2) is 0 Å². The van der Waals surface area contributed by atoms with Crippen LogP contribution >= 0.6 is 0 Å². The molecular weight excluding hydrogens is 493 g/mol. The first-order chi connectivity index (χ1) is 18.4. The molecule has 39 heavy (non-hydrogen) atoms. The van der Waals surface area contributed by atoms with Crippen molar-refractivity contribution in [2.24, 2.45) is 11.3 Å². The molecule has 4 aliphatic rings. The van der Waals surface area contributed by atoms with Crippen LogP contribution in [0.1, 0.15) is 81.0 Å². The number of fused-ring (bicyclic) bond motifs is 3. The Kier molecular flexibility index (Phi) is 6.01. The fraction of sp³-hybridized carbons (Fsp3) is 0.562. The van der Waals surface area contributed by atoms with Gasteiger partial charge in [-0.3, -0.25) is 14.9 Å². The Bertz CT molecular complexity index is 1340. The molecule has 6 nitrogen and oxygen atoms in total. The van der Waals surface area contributed by atoms with Gasteiger partial charge in [0.1, 0.15) is 11.2 Å². The first-order valence-electron chi connectivity index (χ1n) is 14.3. The molecule has 7 heteroatoms. The van der Waals surface area contributed by atoms with E-state index in [2.05, 4.69) is 36.7 Å². The number of benzene rings is 2. The lowest BCUT2D eigenvalue weighted by molar-refractivity contribution is -0.124. The van der Waals surface area contributed by atoms with Crippen LogP contribution in [0, 0.1) is 31.0 Å². The van der Waals surface area contributed by atoms with E-state index in [9.17, 15) is 14.7 Å². The summed E-state index contributed by atoms with van der Waals surface area (Å²) in [6.45, 7) is 10.2. The maximum atomic E-state index is 16.1. The number of nitrogens with one attached hydrogen (secondary N) is 3. The number of aliphatic hydroxyl groups excluding tert-OH is 1. The van der Waals surface area contributed by atoms with Crippen molar-refractivity contribution in [2.45, 2.75) is 102 Å². The number of amides is 2. The quantitative estimate of drug-likeness (QED) is 0.464. The Morgan fingerprint density at radius 2 is 1.82 bits per heavy atom.